The fraction of sp³-hybridized carbons (Fsp3) is 0.636. The highest BCUT2D eigenvalue weighted by atomic mass is 32.1. The van der Waals surface area contributed by atoms with Gasteiger partial charge in [0.05, 0.1) is 0 Å². The Morgan fingerprint density at radius 1 is 1.36 bits per heavy atom. The molecule has 1 N–H and O–H groups in total. The van der Waals surface area contributed by atoms with Crippen LogP contribution in [0.3, 0.4) is 0 Å². The lowest BCUT2D eigenvalue weighted by Gasteiger charge is -2.14. The van der Waals surface area contributed by atoms with Gasteiger partial charge < -0.3 is 10.2 Å². The maximum absolute atomic E-state index is 3.48. The second-order valence-corrected chi connectivity index (χ2v) is 4.64. The van der Waals surface area contributed by atoms with E-state index in [1.54, 1.807) is 11.3 Å². The molecule has 0 radical (unpaired) electrons. The number of likely N-dealkylation sites (tertiary alicyclic amines) is 1. The van der Waals surface area contributed by atoms with E-state index < -0.39 is 0 Å². The summed E-state index contributed by atoms with van der Waals surface area (Å²) in [6.45, 7) is 5.97. The maximum Gasteiger partial charge on any atom is 0.0214 e. The van der Waals surface area contributed by atoms with Crippen LogP contribution in [0, 0.1) is 0 Å². The van der Waals surface area contributed by atoms with E-state index in [4.69, 9.17) is 0 Å². The molecule has 0 aliphatic carbocycles. The Kier molecular flexibility index (Phi) is 3.98. The quantitative estimate of drug-likeness (QED) is 0.747. The number of hydrogen-bond acceptors (Lipinski definition) is 3. The molecule has 0 amide bonds. The third-order valence-corrected chi connectivity index (χ3v) is 3.44. The van der Waals surface area contributed by atoms with Gasteiger partial charge in [-0.3, -0.25) is 0 Å². The van der Waals surface area contributed by atoms with E-state index >= 15 is 0 Å². The molecular formula is C11H18N2S. The Labute approximate surface area is 89.9 Å². The van der Waals surface area contributed by atoms with Crippen LogP contribution in [0.2, 0.25) is 0 Å². The zero-order chi connectivity index (χ0) is 9.64. The summed E-state index contributed by atoms with van der Waals surface area (Å²) in [5.74, 6) is 0. The lowest BCUT2D eigenvalue weighted by molar-refractivity contribution is 0.335. The summed E-state index contributed by atoms with van der Waals surface area (Å²) >= 11 is 1.77. The SMILES string of the molecule is c1cc(CNCCN2CCCC2)cs1. The Morgan fingerprint density at radius 2 is 2.21 bits per heavy atom. The minimum absolute atomic E-state index is 1.03. The number of thiophene rings is 1. The highest BCUT2D eigenvalue weighted by molar-refractivity contribution is 7.07. The smallest absolute Gasteiger partial charge is 0.0214 e. The van der Waals surface area contributed by atoms with E-state index in [0.29, 0.717) is 0 Å². The van der Waals surface area contributed by atoms with E-state index in [-0.39, 0.29) is 0 Å². The molecule has 2 nitrogen and oxygen atoms in total. The van der Waals surface area contributed by atoms with Gasteiger partial charge in [-0.05, 0) is 48.3 Å². The maximum atomic E-state index is 3.48. The van der Waals surface area contributed by atoms with Crippen molar-refractivity contribution in [1.82, 2.24) is 10.2 Å². The van der Waals surface area contributed by atoms with Gasteiger partial charge in [0.25, 0.3) is 0 Å². The lowest BCUT2D eigenvalue weighted by Crippen LogP contribution is -2.29. The zero-order valence-electron chi connectivity index (χ0n) is 8.54. The zero-order valence-corrected chi connectivity index (χ0v) is 9.35. The van der Waals surface area contributed by atoms with Crippen LogP contribution in [0.15, 0.2) is 16.8 Å². The first-order valence-corrected chi connectivity index (χ1v) is 6.33. The van der Waals surface area contributed by atoms with Crippen LogP contribution < -0.4 is 5.32 Å². The van der Waals surface area contributed by atoms with Crippen LogP contribution in [-0.4, -0.2) is 31.1 Å². The predicted octanol–water partition coefficient (Wildman–Crippen LogP) is 1.93. The molecular weight excluding hydrogens is 192 g/mol. The first-order chi connectivity index (χ1) is 6.95. The standard InChI is InChI=1S/C11H18N2S/c1-2-6-13(5-1)7-4-12-9-11-3-8-14-10-11/h3,8,10,12H,1-2,4-7,9H2. The third-order valence-electron chi connectivity index (χ3n) is 2.71. The molecule has 2 rings (SSSR count). The highest BCUT2D eigenvalue weighted by Crippen LogP contribution is 2.06. The normalized spacial score (nSPS) is 17.7. The first-order valence-electron chi connectivity index (χ1n) is 5.39. The molecule has 78 valence electrons. The van der Waals surface area contributed by atoms with Crippen LogP contribution in [0.5, 0.6) is 0 Å². The lowest BCUT2D eigenvalue weighted by atomic mass is 10.3. The van der Waals surface area contributed by atoms with Crippen molar-refractivity contribution in [3.8, 4) is 0 Å². The molecule has 0 atom stereocenters. The molecule has 1 saturated heterocycles. The van der Waals surface area contributed by atoms with Gasteiger partial charge in [-0.2, -0.15) is 11.3 Å². The van der Waals surface area contributed by atoms with Crippen molar-refractivity contribution in [3.63, 3.8) is 0 Å². The molecule has 1 fully saturated rings. The van der Waals surface area contributed by atoms with Crippen LogP contribution >= 0.6 is 11.3 Å². The molecule has 0 bridgehead atoms. The Morgan fingerprint density at radius 3 is 2.93 bits per heavy atom. The number of hydrogen-bond donors (Lipinski definition) is 1. The van der Waals surface area contributed by atoms with E-state index in [0.717, 1.165) is 13.1 Å². The molecule has 0 spiro atoms. The van der Waals surface area contributed by atoms with Gasteiger partial charge in [0, 0.05) is 19.6 Å². The first kappa shape index (κ1) is 10.1. The van der Waals surface area contributed by atoms with Crippen molar-refractivity contribution in [2.75, 3.05) is 26.2 Å². The summed E-state index contributed by atoms with van der Waals surface area (Å²) in [5, 5.41) is 7.83. The van der Waals surface area contributed by atoms with Gasteiger partial charge in [-0.25, -0.2) is 0 Å². The number of rotatable bonds is 5. The van der Waals surface area contributed by atoms with E-state index in [9.17, 15) is 0 Å². The molecule has 2 heterocycles. The summed E-state index contributed by atoms with van der Waals surface area (Å²) in [6.07, 6.45) is 2.79. The van der Waals surface area contributed by atoms with Gasteiger partial charge >= 0.3 is 0 Å². The Balaban J connectivity index is 1.55. The molecule has 1 aliphatic heterocycles. The van der Waals surface area contributed by atoms with Crippen LogP contribution in [0.4, 0.5) is 0 Å². The summed E-state index contributed by atoms with van der Waals surface area (Å²) in [5.41, 5.74) is 1.41. The Bertz CT molecular complexity index is 240. The molecule has 1 aromatic heterocycles. The summed E-state index contributed by atoms with van der Waals surface area (Å²) in [7, 11) is 0. The van der Waals surface area contributed by atoms with Crippen molar-refractivity contribution < 1.29 is 0 Å². The Hall–Kier alpha value is -0.380. The molecule has 0 aromatic carbocycles. The van der Waals surface area contributed by atoms with Crippen molar-refractivity contribution >= 4 is 11.3 Å². The van der Waals surface area contributed by atoms with Gasteiger partial charge in [0.1, 0.15) is 0 Å². The van der Waals surface area contributed by atoms with Gasteiger partial charge in [-0.15, -0.1) is 0 Å². The van der Waals surface area contributed by atoms with E-state index in [1.165, 1.54) is 38.0 Å². The van der Waals surface area contributed by atoms with E-state index in [2.05, 4.69) is 27.0 Å². The average Bonchev–Trinajstić information content (AvgIpc) is 2.86. The third kappa shape index (κ3) is 3.08. The number of nitrogens with zero attached hydrogens (tertiary/aromatic N) is 1. The fourth-order valence-electron chi connectivity index (χ4n) is 1.87. The van der Waals surface area contributed by atoms with Gasteiger partial charge in [0.2, 0.25) is 0 Å². The molecule has 0 unspecified atom stereocenters. The second kappa shape index (κ2) is 5.49. The van der Waals surface area contributed by atoms with Crippen molar-refractivity contribution in [2.45, 2.75) is 19.4 Å². The summed E-state index contributed by atoms with van der Waals surface area (Å²) in [4.78, 5) is 2.54. The topological polar surface area (TPSA) is 15.3 Å². The minimum Gasteiger partial charge on any atom is -0.311 e. The van der Waals surface area contributed by atoms with Gasteiger partial charge in [0.15, 0.2) is 0 Å². The fourth-order valence-corrected chi connectivity index (χ4v) is 2.54. The molecule has 14 heavy (non-hydrogen) atoms. The minimum atomic E-state index is 1.03. The molecule has 1 aliphatic rings. The van der Waals surface area contributed by atoms with Crippen molar-refractivity contribution in [2.24, 2.45) is 0 Å². The monoisotopic (exact) mass is 210 g/mol. The average molecular weight is 210 g/mol. The molecule has 3 heteroatoms. The van der Waals surface area contributed by atoms with Crippen molar-refractivity contribution in [1.29, 1.82) is 0 Å². The molecule has 0 saturated carbocycles. The summed E-state index contributed by atoms with van der Waals surface area (Å²) in [6, 6.07) is 2.19. The van der Waals surface area contributed by atoms with Crippen LogP contribution in [0.1, 0.15) is 18.4 Å². The predicted molar refractivity (Wildman–Crippen MR) is 61.7 cm³/mol. The molecule has 1 aromatic rings. The van der Waals surface area contributed by atoms with Gasteiger partial charge in [-0.1, -0.05) is 0 Å². The highest BCUT2D eigenvalue weighted by Gasteiger charge is 2.09. The summed E-state index contributed by atoms with van der Waals surface area (Å²) < 4.78 is 0. The van der Waals surface area contributed by atoms with Crippen LogP contribution in [-0.2, 0) is 6.54 Å². The van der Waals surface area contributed by atoms with Crippen LogP contribution in [0.25, 0.3) is 0 Å². The van der Waals surface area contributed by atoms with Crippen molar-refractivity contribution in [3.05, 3.63) is 22.4 Å². The number of nitrogens with one attached hydrogen (secondary N) is 1. The second-order valence-electron chi connectivity index (χ2n) is 3.86. The largest absolute Gasteiger partial charge is 0.311 e. The van der Waals surface area contributed by atoms with E-state index in [1.807, 2.05) is 0 Å².